The van der Waals surface area contributed by atoms with Crippen molar-refractivity contribution in [2.24, 2.45) is 0 Å². The Balaban J connectivity index is 3.55. The summed E-state index contributed by atoms with van der Waals surface area (Å²) in [4.78, 5) is 13.6. The summed E-state index contributed by atoms with van der Waals surface area (Å²) < 4.78 is 5.13. The minimum atomic E-state index is -0.414. The molecule has 0 aliphatic heterocycles. The number of carbonyl (C=O) groups is 1. The number of hydrogen-bond acceptors (Lipinski definition) is 3. The van der Waals surface area contributed by atoms with Crippen LogP contribution in [0.3, 0.4) is 0 Å². The van der Waals surface area contributed by atoms with E-state index in [9.17, 15) is 4.79 Å². The lowest BCUT2D eigenvalue weighted by atomic mass is 10.2. The molecule has 16 heavy (non-hydrogen) atoms. The van der Waals surface area contributed by atoms with E-state index in [1.54, 1.807) is 0 Å². The third-order valence-electron chi connectivity index (χ3n) is 2.21. The summed E-state index contributed by atoms with van der Waals surface area (Å²) >= 11 is 0. The summed E-state index contributed by atoms with van der Waals surface area (Å²) in [6, 6.07) is 0. The van der Waals surface area contributed by atoms with Gasteiger partial charge < -0.3 is 15.0 Å². The maximum Gasteiger partial charge on any atom is 0.407 e. The number of carbonyl (C=O) groups excluding carboxylic acids is 1. The zero-order valence-electron chi connectivity index (χ0n) is 11.3. The first-order valence-corrected chi connectivity index (χ1v) is 6.08. The molecule has 0 saturated heterocycles. The van der Waals surface area contributed by atoms with Gasteiger partial charge in [0, 0.05) is 6.54 Å². The van der Waals surface area contributed by atoms with Gasteiger partial charge in [0.2, 0.25) is 0 Å². The van der Waals surface area contributed by atoms with Gasteiger partial charge >= 0.3 is 6.09 Å². The zero-order valence-corrected chi connectivity index (χ0v) is 11.3. The second-order valence-electron chi connectivity index (χ2n) is 4.81. The van der Waals surface area contributed by atoms with Crippen LogP contribution in [0.4, 0.5) is 4.79 Å². The third-order valence-corrected chi connectivity index (χ3v) is 2.21. The summed E-state index contributed by atoms with van der Waals surface area (Å²) in [6.07, 6.45) is 0.632. The molecule has 0 aromatic heterocycles. The van der Waals surface area contributed by atoms with Crippen LogP contribution < -0.4 is 5.32 Å². The number of alkyl carbamates (subject to hydrolysis) is 1. The van der Waals surface area contributed by atoms with E-state index in [2.05, 4.69) is 24.1 Å². The van der Waals surface area contributed by atoms with Crippen LogP contribution in [-0.4, -0.2) is 42.8 Å². The van der Waals surface area contributed by atoms with Gasteiger partial charge in [0.1, 0.15) is 5.60 Å². The average Bonchev–Trinajstić information content (AvgIpc) is 2.15. The molecule has 0 unspecified atom stereocenters. The van der Waals surface area contributed by atoms with Crippen molar-refractivity contribution in [3.8, 4) is 0 Å². The first kappa shape index (κ1) is 15.2. The van der Waals surface area contributed by atoms with Gasteiger partial charge in [0.25, 0.3) is 0 Å². The standard InChI is InChI=1S/C12H26N2O2/c1-6-14(7-2)10-8-9-13-11(15)16-12(3,4)5/h6-10H2,1-5H3,(H,13,15). The quantitative estimate of drug-likeness (QED) is 0.712. The van der Waals surface area contributed by atoms with E-state index in [1.807, 2.05) is 20.8 Å². The Kier molecular flexibility index (Phi) is 7.13. The molecule has 0 radical (unpaired) electrons. The van der Waals surface area contributed by atoms with Crippen molar-refractivity contribution in [2.45, 2.75) is 46.6 Å². The van der Waals surface area contributed by atoms with E-state index in [0.29, 0.717) is 6.54 Å². The van der Waals surface area contributed by atoms with Crippen LogP contribution in [0.15, 0.2) is 0 Å². The molecular weight excluding hydrogens is 204 g/mol. The molecule has 0 rings (SSSR count). The van der Waals surface area contributed by atoms with Crippen molar-refractivity contribution in [1.29, 1.82) is 0 Å². The van der Waals surface area contributed by atoms with E-state index in [1.165, 1.54) is 0 Å². The van der Waals surface area contributed by atoms with Crippen LogP contribution in [0.1, 0.15) is 41.0 Å². The van der Waals surface area contributed by atoms with E-state index >= 15 is 0 Å². The fourth-order valence-electron chi connectivity index (χ4n) is 1.35. The molecule has 0 atom stereocenters. The third kappa shape index (κ3) is 8.53. The second kappa shape index (κ2) is 7.49. The summed E-state index contributed by atoms with van der Waals surface area (Å²) in [5.41, 5.74) is -0.414. The molecule has 1 N–H and O–H groups in total. The van der Waals surface area contributed by atoms with Crippen molar-refractivity contribution < 1.29 is 9.53 Å². The Morgan fingerprint density at radius 2 is 1.81 bits per heavy atom. The molecule has 0 aliphatic rings. The monoisotopic (exact) mass is 230 g/mol. The van der Waals surface area contributed by atoms with E-state index in [-0.39, 0.29) is 6.09 Å². The van der Waals surface area contributed by atoms with Crippen molar-refractivity contribution in [2.75, 3.05) is 26.2 Å². The van der Waals surface area contributed by atoms with E-state index in [4.69, 9.17) is 4.74 Å². The van der Waals surface area contributed by atoms with Gasteiger partial charge in [-0.3, -0.25) is 0 Å². The minimum Gasteiger partial charge on any atom is -0.444 e. The molecule has 0 saturated carbocycles. The van der Waals surface area contributed by atoms with Gasteiger partial charge in [-0.2, -0.15) is 0 Å². The number of hydrogen-bond donors (Lipinski definition) is 1. The fraction of sp³-hybridized carbons (Fsp3) is 0.917. The van der Waals surface area contributed by atoms with Gasteiger partial charge in [-0.05, 0) is 46.8 Å². The Hall–Kier alpha value is -0.770. The lowest BCUT2D eigenvalue weighted by molar-refractivity contribution is 0.0526. The second-order valence-corrected chi connectivity index (χ2v) is 4.81. The number of amides is 1. The highest BCUT2D eigenvalue weighted by Crippen LogP contribution is 2.06. The molecule has 0 aromatic rings. The molecule has 0 aliphatic carbocycles. The predicted octanol–water partition coefficient (Wildman–Crippen LogP) is 2.24. The molecule has 4 nitrogen and oxygen atoms in total. The smallest absolute Gasteiger partial charge is 0.407 e. The highest BCUT2D eigenvalue weighted by molar-refractivity contribution is 5.67. The first-order chi connectivity index (χ1) is 7.39. The van der Waals surface area contributed by atoms with Gasteiger partial charge in [-0.1, -0.05) is 13.8 Å². The van der Waals surface area contributed by atoms with Crippen molar-refractivity contribution in [3.05, 3.63) is 0 Å². The summed E-state index contributed by atoms with van der Waals surface area (Å²) in [5, 5.41) is 2.75. The maximum absolute atomic E-state index is 11.3. The summed E-state index contributed by atoms with van der Waals surface area (Å²) in [7, 11) is 0. The molecule has 0 aromatic carbocycles. The van der Waals surface area contributed by atoms with Crippen LogP contribution in [0, 0.1) is 0 Å². The Labute approximate surface area is 99.3 Å². The molecule has 0 heterocycles. The molecule has 96 valence electrons. The number of nitrogens with one attached hydrogen (secondary N) is 1. The van der Waals surface area contributed by atoms with Gasteiger partial charge in [0.05, 0.1) is 0 Å². The van der Waals surface area contributed by atoms with Crippen LogP contribution >= 0.6 is 0 Å². The predicted molar refractivity (Wildman–Crippen MR) is 66.6 cm³/mol. The molecule has 0 spiro atoms. The lowest BCUT2D eigenvalue weighted by Gasteiger charge is -2.20. The Bertz CT molecular complexity index is 196. The molecule has 0 fully saturated rings. The minimum absolute atomic E-state index is 0.327. The van der Waals surface area contributed by atoms with E-state index in [0.717, 1.165) is 26.1 Å². The van der Waals surface area contributed by atoms with Crippen molar-refractivity contribution in [1.82, 2.24) is 10.2 Å². The molecule has 4 heteroatoms. The Morgan fingerprint density at radius 1 is 1.25 bits per heavy atom. The maximum atomic E-state index is 11.3. The molecule has 1 amide bonds. The van der Waals surface area contributed by atoms with Crippen LogP contribution in [0.2, 0.25) is 0 Å². The topological polar surface area (TPSA) is 41.6 Å². The number of ether oxygens (including phenoxy) is 1. The summed E-state index contributed by atoms with van der Waals surface area (Å²) in [6.45, 7) is 13.7. The SMILES string of the molecule is CCN(CC)CCCNC(=O)OC(C)(C)C. The normalized spacial score (nSPS) is 11.6. The van der Waals surface area contributed by atoms with Gasteiger partial charge in [-0.15, -0.1) is 0 Å². The van der Waals surface area contributed by atoms with Crippen molar-refractivity contribution in [3.63, 3.8) is 0 Å². The van der Waals surface area contributed by atoms with Crippen LogP contribution in [-0.2, 0) is 4.74 Å². The van der Waals surface area contributed by atoms with Gasteiger partial charge in [-0.25, -0.2) is 4.79 Å². The zero-order chi connectivity index (χ0) is 12.6. The van der Waals surface area contributed by atoms with Gasteiger partial charge in [0.15, 0.2) is 0 Å². The first-order valence-electron chi connectivity index (χ1n) is 6.08. The van der Waals surface area contributed by atoms with Crippen molar-refractivity contribution >= 4 is 6.09 Å². The molecule has 0 bridgehead atoms. The largest absolute Gasteiger partial charge is 0.444 e. The fourth-order valence-corrected chi connectivity index (χ4v) is 1.35. The summed E-state index contributed by atoms with van der Waals surface area (Å²) in [5.74, 6) is 0. The van der Waals surface area contributed by atoms with E-state index < -0.39 is 5.60 Å². The molecular formula is C12H26N2O2. The number of nitrogens with zero attached hydrogens (tertiary/aromatic N) is 1. The average molecular weight is 230 g/mol. The van der Waals surface area contributed by atoms with Crippen LogP contribution in [0.25, 0.3) is 0 Å². The highest BCUT2D eigenvalue weighted by atomic mass is 16.6. The van der Waals surface area contributed by atoms with Crippen LogP contribution in [0.5, 0.6) is 0 Å². The highest BCUT2D eigenvalue weighted by Gasteiger charge is 2.15. The lowest BCUT2D eigenvalue weighted by Crippen LogP contribution is -2.34. The Morgan fingerprint density at radius 3 is 2.25 bits per heavy atom. The number of rotatable bonds is 6.